The average molecular weight is 526 g/mol. The predicted molar refractivity (Wildman–Crippen MR) is 132 cm³/mol. The van der Waals surface area contributed by atoms with E-state index in [9.17, 15) is 26.7 Å². The van der Waals surface area contributed by atoms with Crippen molar-refractivity contribution in [3.8, 4) is 5.75 Å². The van der Waals surface area contributed by atoms with Crippen LogP contribution >= 0.6 is 0 Å². The Morgan fingerprint density at radius 3 is 2.43 bits per heavy atom. The van der Waals surface area contributed by atoms with Gasteiger partial charge in [0.1, 0.15) is 11.9 Å². The summed E-state index contributed by atoms with van der Waals surface area (Å²) in [6.45, 7) is 3.49. The van der Waals surface area contributed by atoms with Crippen LogP contribution < -0.4 is 9.46 Å². The van der Waals surface area contributed by atoms with Crippen molar-refractivity contribution in [1.29, 1.82) is 0 Å². The molecule has 1 amide bonds. The molecule has 0 saturated carbocycles. The zero-order chi connectivity index (χ0) is 26.0. The Morgan fingerprint density at radius 2 is 1.83 bits per heavy atom. The van der Waals surface area contributed by atoms with E-state index in [-0.39, 0.29) is 47.5 Å². The third kappa shape index (κ3) is 6.31. The molecule has 0 spiro atoms. The molecule has 0 aliphatic carbocycles. The van der Waals surface area contributed by atoms with E-state index in [0.29, 0.717) is 0 Å². The molecule has 192 valence electrons. The van der Waals surface area contributed by atoms with E-state index in [1.165, 1.54) is 46.6 Å². The number of carbonyl (C=O) groups excluding carboxylic acids is 1. The Balaban J connectivity index is 1.99. The fraction of sp³-hybridized carbons (Fsp3) is 0.435. The number of aliphatic hydroxyl groups is 1. The first-order chi connectivity index (χ1) is 16.3. The maximum atomic E-state index is 13.4. The smallest absolute Gasteiger partial charge is 0.258 e. The fourth-order valence-corrected chi connectivity index (χ4v) is 5.60. The topological polar surface area (TPSA) is 133 Å². The summed E-state index contributed by atoms with van der Waals surface area (Å²) in [5, 5.41) is 9.75. The minimum atomic E-state index is -3.78. The molecule has 0 unspecified atom stereocenters. The molecule has 3 atom stereocenters. The summed E-state index contributed by atoms with van der Waals surface area (Å²) >= 11 is 0. The summed E-state index contributed by atoms with van der Waals surface area (Å²) in [5.74, 6) is -0.510. The van der Waals surface area contributed by atoms with E-state index >= 15 is 0 Å². The van der Waals surface area contributed by atoms with Gasteiger partial charge in [0.25, 0.3) is 5.91 Å². The van der Waals surface area contributed by atoms with Crippen LogP contribution in [0.25, 0.3) is 0 Å². The highest BCUT2D eigenvalue weighted by Gasteiger charge is 2.35. The summed E-state index contributed by atoms with van der Waals surface area (Å²) in [6.07, 6.45) is 0.371. The Hall–Kier alpha value is -2.67. The minimum Gasteiger partial charge on any atom is -0.488 e. The number of hydrogen-bond donors (Lipinski definition) is 2. The summed E-state index contributed by atoms with van der Waals surface area (Å²) in [4.78, 5) is 15.0. The van der Waals surface area contributed by atoms with Gasteiger partial charge in [0.2, 0.25) is 20.0 Å². The highest BCUT2D eigenvalue weighted by Crippen LogP contribution is 2.31. The molecule has 2 aromatic carbocycles. The van der Waals surface area contributed by atoms with Crippen LogP contribution in [0.5, 0.6) is 5.75 Å². The van der Waals surface area contributed by atoms with E-state index in [4.69, 9.17) is 4.74 Å². The van der Waals surface area contributed by atoms with E-state index in [1.54, 1.807) is 25.1 Å². The number of anilines is 1. The molecule has 10 nitrogen and oxygen atoms in total. The van der Waals surface area contributed by atoms with Crippen LogP contribution in [0.15, 0.2) is 53.4 Å². The largest absolute Gasteiger partial charge is 0.488 e. The third-order valence-electron chi connectivity index (χ3n) is 5.86. The van der Waals surface area contributed by atoms with Gasteiger partial charge in [0, 0.05) is 25.2 Å². The van der Waals surface area contributed by atoms with Crippen molar-refractivity contribution in [2.24, 2.45) is 5.92 Å². The van der Waals surface area contributed by atoms with E-state index < -0.39 is 38.1 Å². The number of carbonyl (C=O) groups is 1. The number of benzene rings is 2. The van der Waals surface area contributed by atoms with Crippen LogP contribution in [-0.4, -0.2) is 82.2 Å². The average Bonchev–Trinajstić information content (AvgIpc) is 2.80. The lowest BCUT2D eigenvalue weighted by molar-refractivity contribution is 0.0387. The number of fused-ring (bicyclic) bond motifs is 1. The van der Waals surface area contributed by atoms with Crippen molar-refractivity contribution in [3.63, 3.8) is 0 Å². The Morgan fingerprint density at radius 1 is 1.17 bits per heavy atom. The Kier molecular flexibility index (Phi) is 8.10. The number of likely N-dealkylation sites (N-methyl/N-ethyl adjacent to an activating group) is 1. The standard InChI is InChI=1S/C23H31N3O7S2/c1-16-13-26(17(2)15-27)23(28)20-12-18(24-34(4,29)30)10-11-21(20)33-22(16)14-25(3)35(31,32)19-8-6-5-7-9-19/h5-12,16-17,22,24,27H,13-15H2,1-4H3/t16-,17+,22-/m0/s1. The number of amides is 1. The van der Waals surface area contributed by atoms with Crippen LogP contribution in [0.2, 0.25) is 0 Å². The van der Waals surface area contributed by atoms with Gasteiger partial charge in [-0.3, -0.25) is 9.52 Å². The summed E-state index contributed by atoms with van der Waals surface area (Å²) in [6, 6.07) is 11.9. The highest BCUT2D eigenvalue weighted by molar-refractivity contribution is 7.92. The molecular formula is C23H31N3O7S2. The predicted octanol–water partition coefficient (Wildman–Crippen LogP) is 1.60. The molecule has 35 heavy (non-hydrogen) atoms. The monoisotopic (exact) mass is 525 g/mol. The molecule has 0 radical (unpaired) electrons. The summed E-state index contributed by atoms with van der Waals surface area (Å²) in [5.41, 5.74) is 0.304. The molecule has 12 heteroatoms. The van der Waals surface area contributed by atoms with Gasteiger partial charge in [-0.15, -0.1) is 0 Å². The van der Waals surface area contributed by atoms with Gasteiger partial charge in [0.05, 0.1) is 35.9 Å². The van der Waals surface area contributed by atoms with Crippen molar-refractivity contribution in [1.82, 2.24) is 9.21 Å². The molecule has 0 saturated heterocycles. The van der Waals surface area contributed by atoms with Crippen LogP contribution in [0.4, 0.5) is 5.69 Å². The van der Waals surface area contributed by atoms with Gasteiger partial charge >= 0.3 is 0 Å². The number of sulfonamides is 2. The van der Waals surface area contributed by atoms with E-state index in [1.807, 2.05) is 6.92 Å². The maximum absolute atomic E-state index is 13.4. The van der Waals surface area contributed by atoms with Crippen molar-refractivity contribution < 1.29 is 31.5 Å². The number of nitrogens with zero attached hydrogens (tertiary/aromatic N) is 2. The number of ether oxygens (including phenoxy) is 1. The van der Waals surface area contributed by atoms with E-state index in [0.717, 1.165) is 6.26 Å². The zero-order valence-corrected chi connectivity index (χ0v) is 21.7. The number of rotatable bonds is 8. The minimum absolute atomic E-state index is 0.0106. The maximum Gasteiger partial charge on any atom is 0.258 e. The fourth-order valence-electron chi connectivity index (χ4n) is 3.84. The van der Waals surface area contributed by atoms with Gasteiger partial charge in [0.15, 0.2) is 0 Å². The summed E-state index contributed by atoms with van der Waals surface area (Å²) < 4.78 is 59.2. The van der Waals surface area contributed by atoms with Crippen LogP contribution in [0.3, 0.4) is 0 Å². The highest BCUT2D eigenvalue weighted by atomic mass is 32.2. The molecule has 1 aliphatic rings. The summed E-state index contributed by atoms with van der Waals surface area (Å²) in [7, 11) is -5.89. The zero-order valence-electron chi connectivity index (χ0n) is 20.1. The van der Waals surface area contributed by atoms with Gasteiger partial charge in [-0.2, -0.15) is 4.31 Å². The lowest BCUT2D eigenvalue weighted by atomic mass is 9.99. The first kappa shape index (κ1) is 26.9. The second-order valence-electron chi connectivity index (χ2n) is 8.81. The SMILES string of the molecule is C[C@H](CO)N1C[C@H](C)[C@H](CN(C)S(=O)(=O)c2ccccc2)Oc2ccc(NS(C)(=O)=O)cc2C1=O. The second kappa shape index (κ2) is 10.5. The molecular weight excluding hydrogens is 494 g/mol. The molecule has 1 aliphatic heterocycles. The lowest BCUT2D eigenvalue weighted by Gasteiger charge is -2.38. The van der Waals surface area contributed by atoms with Gasteiger partial charge in [-0.1, -0.05) is 25.1 Å². The first-order valence-corrected chi connectivity index (χ1v) is 14.4. The van der Waals surface area contributed by atoms with Crippen molar-refractivity contribution in [3.05, 3.63) is 54.1 Å². The van der Waals surface area contributed by atoms with Crippen molar-refractivity contribution >= 4 is 31.6 Å². The van der Waals surface area contributed by atoms with Crippen LogP contribution in [0.1, 0.15) is 24.2 Å². The molecule has 3 rings (SSSR count). The molecule has 0 fully saturated rings. The molecule has 0 bridgehead atoms. The number of aliphatic hydroxyl groups excluding tert-OH is 1. The second-order valence-corrected chi connectivity index (χ2v) is 12.6. The molecule has 0 aromatic heterocycles. The normalized spacial score (nSPS) is 19.9. The lowest BCUT2D eigenvalue weighted by Crippen LogP contribution is -2.50. The quantitative estimate of drug-likeness (QED) is 0.535. The number of hydrogen-bond acceptors (Lipinski definition) is 7. The van der Waals surface area contributed by atoms with Crippen LogP contribution in [0, 0.1) is 5.92 Å². The number of nitrogens with one attached hydrogen (secondary N) is 1. The van der Waals surface area contributed by atoms with Gasteiger partial charge in [-0.25, -0.2) is 16.8 Å². The van der Waals surface area contributed by atoms with Crippen LogP contribution in [-0.2, 0) is 20.0 Å². The molecule has 1 heterocycles. The molecule has 2 N–H and O–H groups in total. The van der Waals surface area contributed by atoms with E-state index in [2.05, 4.69) is 4.72 Å². The Bertz CT molecular complexity index is 1270. The Labute approximate surface area is 206 Å². The first-order valence-electron chi connectivity index (χ1n) is 11.0. The van der Waals surface area contributed by atoms with Crippen molar-refractivity contribution in [2.75, 3.05) is 37.7 Å². The molecule has 2 aromatic rings. The van der Waals surface area contributed by atoms with Crippen molar-refractivity contribution in [2.45, 2.75) is 30.9 Å². The third-order valence-corrected chi connectivity index (χ3v) is 8.30. The van der Waals surface area contributed by atoms with Gasteiger partial charge < -0.3 is 14.7 Å². The van der Waals surface area contributed by atoms with Gasteiger partial charge in [-0.05, 0) is 37.3 Å².